The highest BCUT2D eigenvalue weighted by molar-refractivity contribution is 5.21. The monoisotopic (exact) mass is 276 g/mol. The van der Waals surface area contributed by atoms with Gasteiger partial charge in [-0.3, -0.25) is 4.90 Å². The van der Waals surface area contributed by atoms with Crippen LogP contribution in [0.2, 0.25) is 0 Å². The smallest absolute Gasteiger partial charge is 0.0446 e. The summed E-state index contributed by atoms with van der Waals surface area (Å²) in [4.78, 5) is 5.07. The third-order valence-electron chi connectivity index (χ3n) is 4.20. The van der Waals surface area contributed by atoms with E-state index in [1.54, 1.807) is 0 Å². The minimum Gasteiger partial charge on any atom is -0.396 e. The Morgan fingerprint density at radius 1 is 1.20 bits per heavy atom. The van der Waals surface area contributed by atoms with E-state index in [0.717, 1.165) is 32.6 Å². The molecule has 0 spiro atoms. The zero-order valence-corrected chi connectivity index (χ0v) is 12.9. The van der Waals surface area contributed by atoms with Gasteiger partial charge in [0.05, 0.1) is 0 Å². The number of aliphatic hydroxyl groups excluding tert-OH is 1. The number of aryl methyl sites for hydroxylation is 1. The molecular formula is C17H28N2O. The molecule has 1 aromatic carbocycles. The van der Waals surface area contributed by atoms with Gasteiger partial charge in [-0.15, -0.1) is 0 Å². The van der Waals surface area contributed by atoms with Crippen LogP contribution in [0.3, 0.4) is 0 Å². The van der Waals surface area contributed by atoms with Crippen LogP contribution in [-0.4, -0.2) is 53.7 Å². The molecule has 1 fully saturated rings. The highest BCUT2D eigenvalue weighted by atomic mass is 16.3. The number of nitrogens with zero attached hydrogens (tertiary/aromatic N) is 2. The average molecular weight is 276 g/mol. The van der Waals surface area contributed by atoms with Crippen molar-refractivity contribution >= 4 is 0 Å². The number of aliphatic hydroxyl groups is 1. The van der Waals surface area contributed by atoms with Crippen LogP contribution in [0.25, 0.3) is 0 Å². The van der Waals surface area contributed by atoms with E-state index in [9.17, 15) is 5.11 Å². The molecule has 3 heteroatoms. The maximum Gasteiger partial charge on any atom is 0.0446 e. The maximum atomic E-state index is 9.31. The van der Waals surface area contributed by atoms with Crippen molar-refractivity contribution in [3.63, 3.8) is 0 Å². The summed E-state index contributed by atoms with van der Waals surface area (Å²) in [5.74, 6) is 0. The van der Waals surface area contributed by atoms with Crippen LogP contribution in [0.1, 0.15) is 30.9 Å². The van der Waals surface area contributed by atoms with Crippen molar-refractivity contribution in [1.82, 2.24) is 9.80 Å². The number of hydrogen-bond acceptors (Lipinski definition) is 3. The Morgan fingerprint density at radius 2 is 1.95 bits per heavy atom. The lowest BCUT2D eigenvalue weighted by Crippen LogP contribution is -2.53. The normalized spacial score (nSPS) is 21.2. The average Bonchev–Trinajstić information content (AvgIpc) is 2.45. The molecule has 0 aromatic heterocycles. The molecule has 0 unspecified atom stereocenters. The first-order valence-electron chi connectivity index (χ1n) is 7.85. The Hall–Kier alpha value is -0.900. The van der Waals surface area contributed by atoms with Crippen LogP contribution in [0.5, 0.6) is 0 Å². The highest BCUT2D eigenvalue weighted by Crippen LogP contribution is 2.17. The van der Waals surface area contributed by atoms with Gasteiger partial charge in [-0.05, 0) is 31.9 Å². The van der Waals surface area contributed by atoms with Crippen LogP contribution in [-0.2, 0) is 6.54 Å². The molecule has 0 aliphatic carbocycles. The van der Waals surface area contributed by atoms with Gasteiger partial charge in [0.2, 0.25) is 0 Å². The van der Waals surface area contributed by atoms with Gasteiger partial charge < -0.3 is 10.0 Å². The van der Waals surface area contributed by atoms with Crippen LogP contribution < -0.4 is 0 Å². The second kappa shape index (κ2) is 7.77. The number of benzene rings is 1. The van der Waals surface area contributed by atoms with E-state index in [2.05, 4.69) is 47.9 Å². The Labute approximate surface area is 123 Å². The third kappa shape index (κ3) is 4.30. The van der Waals surface area contributed by atoms with Gasteiger partial charge in [0.25, 0.3) is 0 Å². The molecule has 1 aromatic rings. The molecule has 1 aliphatic heterocycles. The van der Waals surface area contributed by atoms with Crippen molar-refractivity contribution in [2.24, 2.45) is 0 Å². The van der Waals surface area contributed by atoms with Gasteiger partial charge in [-0.25, -0.2) is 0 Å². The predicted octanol–water partition coefficient (Wildman–Crippen LogP) is 2.27. The van der Waals surface area contributed by atoms with E-state index in [1.807, 2.05) is 0 Å². The summed E-state index contributed by atoms with van der Waals surface area (Å²) in [6.07, 6.45) is 2.09. The van der Waals surface area contributed by atoms with E-state index in [0.29, 0.717) is 6.04 Å². The molecular weight excluding hydrogens is 248 g/mol. The van der Waals surface area contributed by atoms with Gasteiger partial charge in [0.15, 0.2) is 0 Å². The van der Waals surface area contributed by atoms with Crippen molar-refractivity contribution in [3.8, 4) is 0 Å². The topological polar surface area (TPSA) is 26.7 Å². The minimum absolute atomic E-state index is 0.287. The molecule has 0 bridgehead atoms. The van der Waals surface area contributed by atoms with Crippen LogP contribution in [0.15, 0.2) is 24.3 Å². The molecule has 0 amide bonds. The lowest BCUT2D eigenvalue weighted by atomic mass is 10.1. The standard InChI is InChI=1S/C17H28N2O/c1-3-9-18-10-11-19(17(14-18)8-12-20)13-16-6-4-15(2)5-7-16/h4-7,17,20H,3,8-14H2,1-2H3/t17-/m1/s1. The summed E-state index contributed by atoms with van der Waals surface area (Å²) in [5.41, 5.74) is 2.69. The Balaban J connectivity index is 1.96. The molecule has 0 radical (unpaired) electrons. The van der Waals surface area contributed by atoms with E-state index in [1.165, 1.54) is 24.1 Å². The lowest BCUT2D eigenvalue weighted by molar-refractivity contribution is 0.0539. The van der Waals surface area contributed by atoms with Crippen LogP contribution >= 0.6 is 0 Å². The maximum absolute atomic E-state index is 9.31. The van der Waals surface area contributed by atoms with Gasteiger partial charge in [0.1, 0.15) is 0 Å². The van der Waals surface area contributed by atoms with E-state index >= 15 is 0 Å². The van der Waals surface area contributed by atoms with Crippen LogP contribution in [0, 0.1) is 6.92 Å². The quantitative estimate of drug-likeness (QED) is 0.863. The highest BCUT2D eigenvalue weighted by Gasteiger charge is 2.25. The third-order valence-corrected chi connectivity index (χ3v) is 4.20. The van der Waals surface area contributed by atoms with Crippen LogP contribution in [0.4, 0.5) is 0 Å². The lowest BCUT2D eigenvalue weighted by Gasteiger charge is -2.41. The molecule has 1 saturated heterocycles. The van der Waals surface area contributed by atoms with Crippen molar-refractivity contribution in [3.05, 3.63) is 35.4 Å². The number of rotatable bonds is 6. The van der Waals surface area contributed by atoms with E-state index in [4.69, 9.17) is 0 Å². The van der Waals surface area contributed by atoms with Gasteiger partial charge >= 0.3 is 0 Å². The first kappa shape index (κ1) is 15.5. The largest absolute Gasteiger partial charge is 0.396 e. The Morgan fingerprint density at radius 3 is 2.60 bits per heavy atom. The molecule has 1 N–H and O–H groups in total. The van der Waals surface area contributed by atoms with Crippen molar-refractivity contribution in [1.29, 1.82) is 0 Å². The van der Waals surface area contributed by atoms with Gasteiger partial charge in [-0.1, -0.05) is 36.8 Å². The summed E-state index contributed by atoms with van der Waals surface area (Å²) in [5, 5.41) is 9.31. The summed E-state index contributed by atoms with van der Waals surface area (Å²) in [7, 11) is 0. The molecule has 112 valence electrons. The fraction of sp³-hybridized carbons (Fsp3) is 0.647. The van der Waals surface area contributed by atoms with Crippen molar-refractivity contribution < 1.29 is 5.11 Å². The second-order valence-corrected chi connectivity index (χ2v) is 5.92. The van der Waals surface area contributed by atoms with Gasteiger partial charge in [-0.2, -0.15) is 0 Å². The van der Waals surface area contributed by atoms with E-state index in [-0.39, 0.29) is 6.61 Å². The Bertz CT molecular complexity index is 390. The summed E-state index contributed by atoms with van der Waals surface area (Å²) in [6, 6.07) is 9.31. The molecule has 0 saturated carbocycles. The first-order valence-corrected chi connectivity index (χ1v) is 7.85. The second-order valence-electron chi connectivity index (χ2n) is 5.92. The number of hydrogen-bond donors (Lipinski definition) is 1. The molecule has 2 rings (SSSR count). The molecule has 1 atom stereocenters. The first-order chi connectivity index (χ1) is 9.72. The zero-order chi connectivity index (χ0) is 14.4. The summed E-state index contributed by atoms with van der Waals surface area (Å²) in [6.45, 7) is 10.2. The van der Waals surface area contributed by atoms with Gasteiger partial charge in [0, 0.05) is 38.8 Å². The molecule has 20 heavy (non-hydrogen) atoms. The van der Waals surface area contributed by atoms with E-state index < -0.39 is 0 Å². The van der Waals surface area contributed by atoms with Crippen molar-refractivity contribution in [2.45, 2.75) is 39.3 Å². The molecule has 3 nitrogen and oxygen atoms in total. The summed E-state index contributed by atoms with van der Waals surface area (Å²) >= 11 is 0. The molecule has 1 aliphatic rings. The minimum atomic E-state index is 0.287. The molecule has 1 heterocycles. The fourth-order valence-electron chi connectivity index (χ4n) is 3.04. The fourth-order valence-corrected chi connectivity index (χ4v) is 3.04. The predicted molar refractivity (Wildman–Crippen MR) is 83.8 cm³/mol. The number of piperazine rings is 1. The SMILES string of the molecule is CCCN1CCN(Cc2ccc(C)cc2)[C@H](CCO)C1. The van der Waals surface area contributed by atoms with Crippen molar-refractivity contribution in [2.75, 3.05) is 32.8 Å². The summed E-state index contributed by atoms with van der Waals surface area (Å²) < 4.78 is 0. The Kier molecular flexibility index (Phi) is 6.02. The zero-order valence-electron chi connectivity index (χ0n) is 12.9.